The largest absolute Gasteiger partial charge is 0.480 e. The monoisotopic (exact) mass is 444 g/mol. The number of carbonyl (C=O) groups excluding carboxylic acids is 3. The van der Waals surface area contributed by atoms with E-state index in [0.717, 1.165) is 6.42 Å². The molecule has 1 fully saturated rings. The van der Waals surface area contributed by atoms with Crippen LogP contribution in [0.4, 0.5) is 0 Å². The van der Waals surface area contributed by atoms with E-state index in [2.05, 4.69) is 23.3 Å². The van der Waals surface area contributed by atoms with Gasteiger partial charge in [-0.15, -0.1) is 0 Å². The molecule has 3 amide bonds. The third-order valence-electron chi connectivity index (χ3n) is 5.52. The molecule has 0 radical (unpaired) electrons. The second-order valence-corrected chi connectivity index (χ2v) is 8.74. The van der Waals surface area contributed by atoms with Crippen molar-refractivity contribution in [2.45, 2.75) is 77.5 Å². The molecule has 0 aromatic heterocycles. The molecule has 1 aliphatic rings. The highest BCUT2D eigenvalue weighted by atomic mass is 32.1. The zero-order valence-corrected chi connectivity index (χ0v) is 19.2. The van der Waals surface area contributed by atoms with Crippen LogP contribution in [0.25, 0.3) is 0 Å². The summed E-state index contributed by atoms with van der Waals surface area (Å²) >= 11 is 3.95. The van der Waals surface area contributed by atoms with Crippen molar-refractivity contribution in [2.75, 3.05) is 12.3 Å². The summed E-state index contributed by atoms with van der Waals surface area (Å²) in [6.07, 6.45) is 2.27. The van der Waals surface area contributed by atoms with Crippen molar-refractivity contribution in [3.05, 3.63) is 0 Å². The fraction of sp³-hybridized carbons (Fsp3) is 0.800. The van der Waals surface area contributed by atoms with E-state index in [-0.39, 0.29) is 23.5 Å². The first-order chi connectivity index (χ1) is 14.0. The molecule has 5 atom stereocenters. The first kappa shape index (κ1) is 26.2. The van der Waals surface area contributed by atoms with E-state index < -0.39 is 42.0 Å². The Kier molecular flexibility index (Phi) is 10.6. The molecular weight excluding hydrogens is 408 g/mol. The van der Waals surface area contributed by atoms with Crippen molar-refractivity contribution < 1.29 is 24.3 Å². The lowest BCUT2D eigenvalue weighted by molar-refractivity contribution is -0.143. The number of amides is 3. The maximum absolute atomic E-state index is 13.0. The highest BCUT2D eigenvalue weighted by molar-refractivity contribution is 7.80. The van der Waals surface area contributed by atoms with E-state index in [9.17, 15) is 19.2 Å². The Balaban J connectivity index is 2.90. The van der Waals surface area contributed by atoms with Gasteiger partial charge < -0.3 is 26.4 Å². The van der Waals surface area contributed by atoms with Gasteiger partial charge in [-0.3, -0.25) is 14.4 Å². The molecule has 30 heavy (non-hydrogen) atoms. The average molecular weight is 445 g/mol. The van der Waals surface area contributed by atoms with Crippen LogP contribution in [0.3, 0.4) is 0 Å². The Morgan fingerprint density at radius 2 is 1.80 bits per heavy atom. The van der Waals surface area contributed by atoms with E-state index in [0.29, 0.717) is 25.8 Å². The standard InChI is InChI=1S/C20H36N4O5S/c1-5-12(4)16(21)19(27)24-8-6-7-15(24)18(26)22-13(9-11(2)3)17(25)23-14(10-30)20(28)29/h11-16,30H,5-10,21H2,1-4H3,(H,22,26)(H,23,25)(H,28,29). The molecule has 0 aromatic carbocycles. The maximum atomic E-state index is 13.0. The quantitative estimate of drug-likeness (QED) is 0.292. The fourth-order valence-corrected chi connectivity index (χ4v) is 3.67. The highest BCUT2D eigenvalue weighted by Crippen LogP contribution is 2.21. The molecule has 9 nitrogen and oxygen atoms in total. The zero-order valence-electron chi connectivity index (χ0n) is 18.3. The van der Waals surface area contributed by atoms with E-state index in [4.69, 9.17) is 10.8 Å². The van der Waals surface area contributed by atoms with E-state index in [1.54, 1.807) is 0 Å². The summed E-state index contributed by atoms with van der Waals surface area (Å²) in [5, 5.41) is 14.3. The van der Waals surface area contributed by atoms with Crippen LogP contribution in [-0.2, 0) is 19.2 Å². The molecule has 10 heteroatoms. The number of nitrogens with one attached hydrogen (secondary N) is 2. The summed E-state index contributed by atoms with van der Waals surface area (Å²) < 4.78 is 0. The van der Waals surface area contributed by atoms with Crippen LogP contribution < -0.4 is 16.4 Å². The van der Waals surface area contributed by atoms with Crippen LogP contribution in [0.5, 0.6) is 0 Å². The van der Waals surface area contributed by atoms with Crippen LogP contribution >= 0.6 is 12.6 Å². The number of likely N-dealkylation sites (tertiary alicyclic amines) is 1. The number of nitrogens with two attached hydrogens (primary N) is 1. The van der Waals surface area contributed by atoms with Gasteiger partial charge in [-0.25, -0.2) is 4.79 Å². The van der Waals surface area contributed by atoms with Gasteiger partial charge in [0.05, 0.1) is 6.04 Å². The van der Waals surface area contributed by atoms with Gasteiger partial charge in [0.2, 0.25) is 17.7 Å². The molecule has 1 heterocycles. The third kappa shape index (κ3) is 7.16. The number of carboxylic acids is 1. The summed E-state index contributed by atoms with van der Waals surface area (Å²) in [5.74, 6) is -2.44. The van der Waals surface area contributed by atoms with Crippen LogP contribution in [0.15, 0.2) is 0 Å². The van der Waals surface area contributed by atoms with Crippen molar-refractivity contribution in [3.8, 4) is 0 Å². The number of aliphatic carboxylic acids is 1. The Morgan fingerprint density at radius 3 is 2.30 bits per heavy atom. The Bertz CT molecular complexity index is 630. The number of rotatable bonds is 11. The first-order valence-corrected chi connectivity index (χ1v) is 11.2. The van der Waals surface area contributed by atoms with Crippen LogP contribution in [-0.4, -0.2) is 70.2 Å². The maximum Gasteiger partial charge on any atom is 0.327 e. The number of nitrogens with zero attached hydrogens (tertiary/aromatic N) is 1. The molecule has 1 aliphatic heterocycles. The minimum absolute atomic E-state index is 0.00420. The van der Waals surface area contributed by atoms with Gasteiger partial charge in [-0.2, -0.15) is 12.6 Å². The number of hydrogen-bond acceptors (Lipinski definition) is 6. The Hall–Kier alpha value is -1.81. The SMILES string of the molecule is CCC(C)C(N)C(=O)N1CCCC1C(=O)NC(CC(C)C)C(=O)NC(CS)C(=O)O. The van der Waals surface area contributed by atoms with Crippen molar-refractivity contribution in [1.29, 1.82) is 0 Å². The molecule has 0 aliphatic carbocycles. The minimum atomic E-state index is -1.19. The number of carbonyl (C=O) groups is 4. The lowest BCUT2D eigenvalue weighted by Crippen LogP contribution is -2.57. The Labute approximate surface area is 183 Å². The highest BCUT2D eigenvalue weighted by Gasteiger charge is 2.38. The summed E-state index contributed by atoms with van der Waals surface area (Å²) in [4.78, 5) is 51.1. The van der Waals surface area contributed by atoms with Gasteiger partial charge >= 0.3 is 5.97 Å². The van der Waals surface area contributed by atoms with Gasteiger partial charge in [-0.1, -0.05) is 34.1 Å². The molecule has 5 unspecified atom stereocenters. The second-order valence-electron chi connectivity index (χ2n) is 8.37. The molecule has 0 spiro atoms. The second kappa shape index (κ2) is 12.1. The molecular formula is C20H36N4O5S. The summed E-state index contributed by atoms with van der Waals surface area (Å²) in [7, 11) is 0. The van der Waals surface area contributed by atoms with Gasteiger partial charge in [-0.05, 0) is 31.1 Å². The van der Waals surface area contributed by atoms with Gasteiger partial charge in [0, 0.05) is 12.3 Å². The predicted molar refractivity (Wildman–Crippen MR) is 117 cm³/mol. The molecule has 0 saturated carbocycles. The average Bonchev–Trinajstić information content (AvgIpc) is 3.18. The molecule has 1 rings (SSSR count). The smallest absolute Gasteiger partial charge is 0.327 e. The Morgan fingerprint density at radius 1 is 1.17 bits per heavy atom. The van der Waals surface area contributed by atoms with Gasteiger partial charge in [0.15, 0.2) is 0 Å². The summed E-state index contributed by atoms with van der Waals surface area (Å²) in [5.41, 5.74) is 6.08. The number of thiol groups is 1. The van der Waals surface area contributed by atoms with Gasteiger partial charge in [0.25, 0.3) is 0 Å². The van der Waals surface area contributed by atoms with Crippen molar-refractivity contribution in [3.63, 3.8) is 0 Å². The van der Waals surface area contributed by atoms with Crippen LogP contribution in [0, 0.1) is 11.8 Å². The van der Waals surface area contributed by atoms with Crippen LogP contribution in [0.2, 0.25) is 0 Å². The van der Waals surface area contributed by atoms with Gasteiger partial charge in [0.1, 0.15) is 18.1 Å². The number of hydrogen-bond donors (Lipinski definition) is 5. The summed E-state index contributed by atoms with van der Waals surface area (Å²) in [6.45, 7) is 8.10. The van der Waals surface area contributed by atoms with Crippen molar-refractivity contribution in [1.82, 2.24) is 15.5 Å². The number of carboxylic acid groups (broad SMARTS) is 1. The first-order valence-electron chi connectivity index (χ1n) is 10.5. The third-order valence-corrected chi connectivity index (χ3v) is 5.88. The van der Waals surface area contributed by atoms with Crippen molar-refractivity contribution in [2.24, 2.45) is 17.6 Å². The molecule has 172 valence electrons. The molecule has 0 bridgehead atoms. The minimum Gasteiger partial charge on any atom is -0.480 e. The molecule has 5 N–H and O–H groups in total. The topological polar surface area (TPSA) is 142 Å². The van der Waals surface area contributed by atoms with E-state index >= 15 is 0 Å². The van der Waals surface area contributed by atoms with Crippen LogP contribution in [0.1, 0.15) is 53.4 Å². The normalized spacial score (nSPS) is 20.4. The molecule has 0 aromatic rings. The van der Waals surface area contributed by atoms with E-state index in [1.807, 2.05) is 27.7 Å². The lowest BCUT2D eigenvalue weighted by Gasteiger charge is -2.30. The van der Waals surface area contributed by atoms with E-state index in [1.165, 1.54) is 4.90 Å². The lowest BCUT2D eigenvalue weighted by atomic mass is 9.98. The molecule has 1 saturated heterocycles. The predicted octanol–water partition coefficient (Wildman–Crippen LogP) is 0.381. The fourth-order valence-electron chi connectivity index (χ4n) is 3.42. The van der Waals surface area contributed by atoms with Crippen molar-refractivity contribution >= 4 is 36.3 Å². The zero-order chi connectivity index (χ0) is 23.0. The summed E-state index contributed by atoms with van der Waals surface area (Å²) in [6, 6.07) is -3.41.